The second-order valence-electron chi connectivity index (χ2n) is 9.90. The lowest BCUT2D eigenvalue weighted by Crippen LogP contribution is -2.51. The highest BCUT2D eigenvalue weighted by atomic mass is 16.5. The Kier molecular flexibility index (Phi) is 4.51. The SMILES string of the molecule is CC(=O)O[C@H]1CC[C@@]2(C)C(=CC[C@H]3[C@@H]4C[C@@H](CO)[C@@H](O)[C@@]4(C)CC[C@@H]32)C1. The van der Waals surface area contributed by atoms with E-state index in [1.165, 1.54) is 18.9 Å². The zero-order valence-electron chi connectivity index (χ0n) is 16.4. The molecule has 0 amide bonds. The van der Waals surface area contributed by atoms with Crippen molar-refractivity contribution in [2.75, 3.05) is 6.61 Å². The third kappa shape index (κ3) is 2.59. The molecule has 4 rings (SSSR count). The van der Waals surface area contributed by atoms with E-state index in [2.05, 4.69) is 19.9 Å². The number of hydrogen-bond acceptors (Lipinski definition) is 4. The molecule has 3 fully saturated rings. The first-order valence-electron chi connectivity index (χ1n) is 10.4. The first-order chi connectivity index (χ1) is 12.3. The van der Waals surface area contributed by atoms with E-state index < -0.39 is 0 Å². The van der Waals surface area contributed by atoms with E-state index in [1.807, 2.05) is 0 Å². The summed E-state index contributed by atoms with van der Waals surface area (Å²) in [6, 6.07) is 0. The number of hydrogen-bond donors (Lipinski definition) is 2. The molecule has 0 aromatic heterocycles. The monoisotopic (exact) mass is 362 g/mol. The number of esters is 1. The fraction of sp³-hybridized carbons (Fsp3) is 0.864. The van der Waals surface area contributed by atoms with Crippen molar-refractivity contribution in [2.24, 2.45) is 34.5 Å². The van der Waals surface area contributed by atoms with E-state index >= 15 is 0 Å². The fourth-order valence-electron chi connectivity index (χ4n) is 7.29. The van der Waals surface area contributed by atoms with Crippen LogP contribution in [0.2, 0.25) is 0 Å². The molecule has 4 aliphatic rings. The van der Waals surface area contributed by atoms with Gasteiger partial charge in [-0.25, -0.2) is 0 Å². The summed E-state index contributed by atoms with van der Waals surface area (Å²) in [5.41, 5.74) is 1.67. The maximum absolute atomic E-state index is 11.3. The lowest BCUT2D eigenvalue weighted by Gasteiger charge is -2.57. The second kappa shape index (κ2) is 6.34. The molecule has 0 bridgehead atoms. The molecule has 3 saturated carbocycles. The summed E-state index contributed by atoms with van der Waals surface area (Å²) in [5.74, 6) is 1.65. The van der Waals surface area contributed by atoms with E-state index in [9.17, 15) is 15.0 Å². The van der Waals surface area contributed by atoms with Gasteiger partial charge in [-0.1, -0.05) is 25.5 Å². The lowest BCUT2D eigenvalue weighted by atomic mass is 9.48. The Morgan fingerprint density at radius 2 is 2.04 bits per heavy atom. The molecule has 26 heavy (non-hydrogen) atoms. The molecular weight excluding hydrogens is 328 g/mol. The Morgan fingerprint density at radius 3 is 2.73 bits per heavy atom. The van der Waals surface area contributed by atoms with Crippen LogP contribution in [0.25, 0.3) is 0 Å². The number of carbonyl (C=O) groups excluding carboxylic acids is 1. The standard InChI is InChI=1S/C22H34O4/c1-13(24)26-16-6-8-21(2)15(11-16)4-5-17-18(21)7-9-22(3)19(17)10-14(12-23)20(22)25/h4,14,16-20,23,25H,5-12H2,1-3H3/t14-,16-,17+,18-,19-,20+,21-,22-/m0/s1. The molecule has 0 aromatic rings. The number of aliphatic hydroxyl groups excluding tert-OH is 2. The number of allylic oxidation sites excluding steroid dienone is 1. The third-order valence-electron chi connectivity index (χ3n) is 8.74. The molecule has 0 unspecified atom stereocenters. The maximum Gasteiger partial charge on any atom is 0.302 e. The Balaban J connectivity index is 1.59. The van der Waals surface area contributed by atoms with Crippen molar-refractivity contribution in [1.29, 1.82) is 0 Å². The van der Waals surface area contributed by atoms with Crippen molar-refractivity contribution in [2.45, 2.75) is 77.9 Å². The number of aliphatic hydroxyl groups is 2. The lowest BCUT2D eigenvalue weighted by molar-refractivity contribution is -0.148. The number of rotatable bonds is 2. The van der Waals surface area contributed by atoms with Crippen molar-refractivity contribution in [3.05, 3.63) is 11.6 Å². The van der Waals surface area contributed by atoms with Crippen LogP contribution in [0, 0.1) is 34.5 Å². The highest BCUT2D eigenvalue weighted by Gasteiger charge is 2.60. The van der Waals surface area contributed by atoms with E-state index in [1.54, 1.807) is 0 Å². The summed E-state index contributed by atoms with van der Waals surface area (Å²) < 4.78 is 5.51. The van der Waals surface area contributed by atoms with E-state index in [-0.39, 0.29) is 41.5 Å². The Hall–Kier alpha value is -0.870. The first-order valence-corrected chi connectivity index (χ1v) is 10.4. The molecule has 0 aliphatic heterocycles. The number of carbonyl (C=O) groups is 1. The van der Waals surface area contributed by atoms with E-state index in [0.717, 1.165) is 38.5 Å². The minimum atomic E-state index is -0.365. The van der Waals surface area contributed by atoms with Crippen LogP contribution in [0.4, 0.5) is 0 Å². The minimum Gasteiger partial charge on any atom is -0.462 e. The van der Waals surface area contributed by atoms with Gasteiger partial charge < -0.3 is 14.9 Å². The van der Waals surface area contributed by atoms with E-state index in [0.29, 0.717) is 17.8 Å². The zero-order chi connectivity index (χ0) is 18.7. The van der Waals surface area contributed by atoms with Crippen LogP contribution in [0.5, 0.6) is 0 Å². The van der Waals surface area contributed by atoms with Crippen molar-refractivity contribution >= 4 is 5.97 Å². The van der Waals surface area contributed by atoms with Crippen LogP contribution in [-0.2, 0) is 9.53 Å². The molecule has 0 spiro atoms. The molecule has 4 aliphatic carbocycles. The average molecular weight is 363 g/mol. The number of fused-ring (bicyclic) bond motifs is 5. The van der Waals surface area contributed by atoms with Crippen LogP contribution in [0.3, 0.4) is 0 Å². The van der Waals surface area contributed by atoms with E-state index in [4.69, 9.17) is 4.74 Å². The Bertz CT molecular complexity index is 613. The Labute approximate surface area is 157 Å². The summed E-state index contributed by atoms with van der Waals surface area (Å²) in [6.45, 7) is 6.29. The van der Waals surface area contributed by atoms with Crippen molar-refractivity contribution in [3.63, 3.8) is 0 Å². The van der Waals surface area contributed by atoms with Gasteiger partial charge in [0.25, 0.3) is 0 Å². The first kappa shape index (κ1) is 18.5. The number of ether oxygens (including phenoxy) is 1. The molecule has 0 radical (unpaired) electrons. The van der Waals surface area contributed by atoms with Crippen LogP contribution in [-0.4, -0.2) is 35.0 Å². The van der Waals surface area contributed by atoms with Gasteiger partial charge in [0.15, 0.2) is 0 Å². The van der Waals surface area contributed by atoms with Crippen molar-refractivity contribution in [1.82, 2.24) is 0 Å². The molecule has 2 N–H and O–H groups in total. The minimum absolute atomic E-state index is 0.0365. The van der Waals surface area contributed by atoms with Gasteiger partial charge in [-0.15, -0.1) is 0 Å². The van der Waals surface area contributed by atoms with Gasteiger partial charge in [0.1, 0.15) is 6.10 Å². The highest BCUT2D eigenvalue weighted by Crippen LogP contribution is 2.65. The largest absolute Gasteiger partial charge is 0.462 e. The van der Waals surface area contributed by atoms with Gasteiger partial charge in [-0.2, -0.15) is 0 Å². The molecule has 0 aromatic carbocycles. The summed E-state index contributed by atoms with van der Waals surface area (Å²) in [5, 5.41) is 20.5. The van der Waals surface area contributed by atoms with Gasteiger partial charge in [0.05, 0.1) is 6.10 Å². The van der Waals surface area contributed by atoms with Crippen LogP contribution in [0.1, 0.15) is 65.7 Å². The molecule has 4 nitrogen and oxygen atoms in total. The topological polar surface area (TPSA) is 66.8 Å². The molecular formula is C22H34O4. The summed E-state index contributed by atoms with van der Waals surface area (Å²) in [6.07, 6.45) is 9.32. The molecule has 8 atom stereocenters. The summed E-state index contributed by atoms with van der Waals surface area (Å²) in [4.78, 5) is 11.3. The predicted molar refractivity (Wildman–Crippen MR) is 99.2 cm³/mol. The van der Waals surface area contributed by atoms with Crippen LogP contribution < -0.4 is 0 Å². The van der Waals surface area contributed by atoms with Gasteiger partial charge >= 0.3 is 5.97 Å². The van der Waals surface area contributed by atoms with Crippen LogP contribution >= 0.6 is 0 Å². The smallest absolute Gasteiger partial charge is 0.302 e. The second-order valence-corrected chi connectivity index (χ2v) is 9.90. The molecule has 4 heteroatoms. The van der Waals surface area contributed by atoms with Gasteiger partial charge in [0, 0.05) is 25.9 Å². The molecule has 146 valence electrons. The normalized spacial score (nSPS) is 50.3. The highest BCUT2D eigenvalue weighted by molar-refractivity contribution is 5.66. The third-order valence-corrected chi connectivity index (χ3v) is 8.74. The summed E-state index contributed by atoms with van der Waals surface area (Å²) in [7, 11) is 0. The van der Waals surface area contributed by atoms with Crippen molar-refractivity contribution in [3.8, 4) is 0 Å². The van der Waals surface area contributed by atoms with Crippen molar-refractivity contribution < 1.29 is 19.7 Å². The zero-order valence-corrected chi connectivity index (χ0v) is 16.4. The quantitative estimate of drug-likeness (QED) is 0.583. The average Bonchev–Trinajstić information content (AvgIpc) is 2.86. The van der Waals surface area contributed by atoms with Gasteiger partial charge in [0.2, 0.25) is 0 Å². The van der Waals surface area contributed by atoms with Crippen LogP contribution in [0.15, 0.2) is 11.6 Å². The predicted octanol–water partition coefficient (Wildman–Crippen LogP) is 3.46. The van der Waals surface area contributed by atoms with Gasteiger partial charge in [-0.05, 0) is 67.1 Å². The summed E-state index contributed by atoms with van der Waals surface area (Å²) >= 11 is 0. The maximum atomic E-state index is 11.3. The molecule has 0 saturated heterocycles. The molecule has 0 heterocycles. The van der Waals surface area contributed by atoms with Gasteiger partial charge in [-0.3, -0.25) is 4.79 Å². The Morgan fingerprint density at radius 1 is 1.27 bits per heavy atom. The fourth-order valence-corrected chi connectivity index (χ4v) is 7.29.